The number of ether oxygens (including phenoxy) is 1. The summed E-state index contributed by atoms with van der Waals surface area (Å²) in [5, 5.41) is 10.4. The number of carboxylic acid groups (broad SMARTS) is 1. The van der Waals surface area contributed by atoms with Crippen molar-refractivity contribution in [3.05, 3.63) is 35.2 Å². The van der Waals surface area contributed by atoms with Crippen LogP contribution in [0.1, 0.15) is 12.8 Å². The Kier molecular flexibility index (Phi) is 4.33. The maximum absolute atomic E-state index is 12.4. The molecule has 3 rings (SSSR count). The molecule has 0 bridgehead atoms. The topological polar surface area (TPSA) is 94.3 Å². The number of carbonyl (C=O) groups excluding carboxylic acids is 1. The lowest BCUT2D eigenvalue weighted by Crippen LogP contribution is -2.16. The van der Waals surface area contributed by atoms with Crippen LogP contribution in [0.4, 0.5) is 4.79 Å². The zero-order valence-electron chi connectivity index (χ0n) is 12.0. The molecule has 0 spiro atoms. The summed E-state index contributed by atoms with van der Waals surface area (Å²) in [6.45, 7) is 0.0359. The van der Waals surface area contributed by atoms with Gasteiger partial charge in [-0.15, -0.1) is 11.3 Å². The maximum atomic E-state index is 12.4. The molecular weight excluding hydrogens is 318 g/mol. The van der Waals surface area contributed by atoms with E-state index in [-0.39, 0.29) is 19.4 Å². The summed E-state index contributed by atoms with van der Waals surface area (Å²) in [5.74, 6) is -0.507. The molecule has 0 aliphatic heterocycles. The Morgan fingerprint density at radius 3 is 2.87 bits per heavy atom. The summed E-state index contributed by atoms with van der Waals surface area (Å²) >= 11 is 1.41. The van der Waals surface area contributed by atoms with Crippen LogP contribution in [0.3, 0.4) is 0 Å². The highest BCUT2D eigenvalue weighted by molar-refractivity contribution is 7.07. The number of para-hydroxylation sites is 2. The number of aliphatic carboxylic acids is 1. The average molecular weight is 331 g/mol. The van der Waals surface area contributed by atoms with E-state index in [0.29, 0.717) is 22.6 Å². The van der Waals surface area contributed by atoms with Gasteiger partial charge in [0.15, 0.2) is 5.82 Å². The van der Waals surface area contributed by atoms with Gasteiger partial charge in [-0.25, -0.2) is 19.3 Å². The molecule has 0 aliphatic carbocycles. The van der Waals surface area contributed by atoms with Crippen LogP contribution < -0.4 is 0 Å². The first-order valence-electron chi connectivity index (χ1n) is 6.92. The second-order valence-electron chi connectivity index (χ2n) is 4.74. The van der Waals surface area contributed by atoms with Gasteiger partial charge in [0.25, 0.3) is 0 Å². The van der Waals surface area contributed by atoms with Crippen molar-refractivity contribution >= 4 is 34.4 Å². The van der Waals surface area contributed by atoms with Crippen LogP contribution in [0.5, 0.6) is 0 Å². The van der Waals surface area contributed by atoms with Crippen LogP contribution in [-0.2, 0) is 9.53 Å². The van der Waals surface area contributed by atoms with Crippen molar-refractivity contribution in [3.8, 4) is 11.5 Å². The molecule has 2 heterocycles. The Bertz CT molecular complexity index is 842. The number of imidazole rings is 1. The third kappa shape index (κ3) is 3.21. The molecule has 7 nitrogen and oxygen atoms in total. The van der Waals surface area contributed by atoms with E-state index in [0.717, 1.165) is 0 Å². The molecule has 8 heteroatoms. The Morgan fingerprint density at radius 1 is 1.30 bits per heavy atom. The molecule has 0 saturated carbocycles. The van der Waals surface area contributed by atoms with Crippen molar-refractivity contribution in [3.63, 3.8) is 0 Å². The largest absolute Gasteiger partial charge is 0.481 e. The van der Waals surface area contributed by atoms with E-state index in [1.807, 2.05) is 12.1 Å². The minimum absolute atomic E-state index is 0.0359. The van der Waals surface area contributed by atoms with Gasteiger partial charge in [0.05, 0.1) is 23.2 Å². The zero-order valence-corrected chi connectivity index (χ0v) is 12.8. The van der Waals surface area contributed by atoms with E-state index >= 15 is 0 Å². The van der Waals surface area contributed by atoms with Crippen LogP contribution in [-0.4, -0.2) is 38.3 Å². The van der Waals surface area contributed by atoms with Crippen molar-refractivity contribution in [2.24, 2.45) is 0 Å². The van der Waals surface area contributed by atoms with Gasteiger partial charge < -0.3 is 9.84 Å². The number of carboxylic acids is 1. The van der Waals surface area contributed by atoms with Crippen LogP contribution in [0, 0.1) is 0 Å². The fourth-order valence-electron chi connectivity index (χ4n) is 2.15. The van der Waals surface area contributed by atoms with E-state index in [1.165, 1.54) is 15.9 Å². The standard InChI is InChI=1S/C15H13N3O4S/c19-13(20)6-3-7-22-15(21)18-12-5-2-1-4-10(12)17-14(18)11-8-23-9-16-11/h1-2,4-5,8-9H,3,6-7H2,(H,19,20). The normalized spacial score (nSPS) is 10.8. The van der Waals surface area contributed by atoms with Crippen LogP contribution in [0.25, 0.3) is 22.6 Å². The van der Waals surface area contributed by atoms with Gasteiger partial charge in [-0.05, 0) is 18.6 Å². The second-order valence-corrected chi connectivity index (χ2v) is 5.46. The van der Waals surface area contributed by atoms with Gasteiger partial charge in [0, 0.05) is 11.8 Å². The van der Waals surface area contributed by atoms with Gasteiger partial charge in [0.2, 0.25) is 0 Å². The SMILES string of the molecule is O=C(O)CCCOC(=O)n1c(-c2cscn2)nc2ccccc21. The molecule has 0 saturated heterocycles. The third-order valence-corrected chi connectivity index (χ3v) is 3.75. The highest BCUT2D eigenvalue weighted by atomic mass is 32.1. The number of thiazole rings is 1. The smallest absolute Gasteiger partial charge is 0.420 e. The molecule has 0 aliphatic rings. The van der Waals surface area contributed by atoms with E-state index in [1.54, 1.807) is 23.0 Å². The Balaban J connectivity index is 1.90. The molecule has 0 fully saturated rings. The van der Waals surface area contributed by atoms with Gasteiger partial charge in [-0.2, -0.15) is 0 Å². The summed E-state index contributed by atoms with van der Waals surface area (Å²) < 4.78 is 6.55. The summed E-state index contributed by atoms with van der Waals surface area (Å²) in [4.78, 5) is 31.5. The number of hydrogen-bond acceptors (Lipinski definition) is 6. The predicted molar refractivity (Wildman–Crippen MR) is 84.5 cm³/mol. The number of fused-ring (bicyclic) bond motifs is 1. The minimum atomic E-state index is -0.919. The number of aromatic nitrogens is 3. The summed E-state index contributed by atoms with van der Waals surface area (Å²) in [6, 6.07) is 7.22. The van der Waals surface area contributed by atoms with Crippen LogP contribution >= 0.6 is 11.3 Å². The fourth-order valence-corrected chi connectivity index (χ4v) is 2.68. The van der Waals surface area contributed by atoms with Crippen molar-refractivity contribution in [1.29, 1.82) is 0 Å². The van der Waals surface area contributed by atoms with E-state index < -0.39 is 12.1 Å². The first-order chi connectivity index (χ1) is 11.2. The van der Waals surface area contributed by atoms with Gasteiger partial charge in [-0.3, -0.25) is 4.79 Å². The molecule has 3 aromatic rings. The quantitative estimate of drug-likeness (QED) is 0.722. The highest BCUT2D eigenvalue weighted by Gasteiger charge is 2.20. The van der Waals surface area contributed by atoms with E-state index in [2.05, 4.69) is 9.97 Å². The molecule has 0 atom stereocenters. The summed E-state index contributed by atoms with van der Waals surface area (Å²) in [6.07, 6.45) is -0.372. The predicted octanol–water partition coefficient (Wildman–Crippen LogP) is 3.01. The molecule has 1 N–H and O–H groups in total. The van der Waals surface area contributed by atoms with E-state index in [4.69, 9.17) is 9.84 Å². The fraction of sp³-hybridized carbons (Fsp3) is 0.200. The molecule has 0 unspecified atom stereocenters. The van der Waals surface area contributed by atoms with Crippen molar-refractivity contribution in [2.45, 2.75) is 12.8 Å². The van der Waals surface area contributed by atoms with Gasteiger partial charge in [0.1, 0.15) is 5.69 Å². The van der Waals surface area contributed by atoms with Crippen LogP contribution in [0.15, 0.2) is 35.2 Å². The molecule has 2 aromatic heterocycles. The summed E-state index contributed by atoms with van der Waals surface area (Å²) in [5.41, 5.74) is 3.54. The number of carbonyl (C=O) groups is 2. The second kappa shape index (κ2) is 6.57. The third-order valence-electron chi connectivity index (χ3n) is 3.17. The lowest BCUT2D eigenvalue weighted by Gasteiger charge is -2.07. The lowest BCUT2D eigenvalue weighted by atomic mass is 10.3. The van der Waals surface area contributed by atoms with Gasteiger partial charge in [-0.1, -0.05) is 12.1 Å². The average Bonchev–Trinajstić information content (AvgIpc) is 3.17. The first-order valence-corrected chi connectivity index (χ1v) is 7.86. The number of rotatable bonds is 5. The molecule has 1 aromatic carbocycles. The Labute approximate surface area is 135 Å². The Hall–Kier alpha value is -2.74. The number of hydrogen-bond donors (Lipinski definition) is 1. The molecular formula is C15H13N3O4S. The monoisotopic (exact) mass is 331 g/mol. The van der Waals surface area contributed by atoms with Crippen molar-refractivity contribution < 1.29 is 19.4 Å². The minimum Gasteiger partial charge on any atom is -0.481 e. The number of nitrogens with zero attached hydrogens (tertiary/aromatic N) is 3. The molecule has 0 amide bonds. The summed E-state index contributed by atoms with van der Waals surface area (Å²) in [7, 11) is 0. The van der Waals surface area contributed by atoms with E-state index in [9.17, 15) is 9.59 Å². The molecule has 23 heavy (non-hydrogen) atoms. The van der Waals surface area contributed by atoms with Crippen molar-refractivity contribution in [2.75, 3.05) is 6.61 Å². The maximum Gasteiger partial charge on any atom is 0.420 e. The first kappa shape index (κ1) is 15.2. The lowest BCUT2D eigenvalue weighted by molar-refractivity contribution is -0.137. The van der Waals surface area contributed by atoms with Gasteiger partial charge >= 0.3 is 12.1 Å². The highest BCUT2D eigenvalue weighted by Crippen LogP contribution is 2.24. The van der Waals surface area contributed by atoms with Crippen molar-refractivity contribution in [1.82, 2.24) is 14.5 Å². The molecule has 0 radical (unpaired) electrons. The zero-order chi connectivity index (χ0) is 16.2. The Morgan fingerprint density at radius 2 is 2.13 bits per heavy atom. The number of benzene rings is 1. The molecule has 118 valence electrons. The van der Waals surface area contributed by atoms with Crippen LogP contribution in [0.2, 0.25) is 0 Å².